The maximum absolute atomic E-state index is 12.3. The molecule has 0 bridgehead atoms. The molecule has 0 amide bonds. The van der Waals surface area contributed by atoms with Crippen LogP contribution in [-0.4, -0.2) is 17.5 Å². The summed E-state index contributed by atoms with van der Waals surface area (Å²) < 4.78 is 0. The van der Waals surface area contributed by atoms with Crippen LogP contribution in [0.3, 0.4) is 0 Å². The van der Waals surface area contributed by atoms with Crippen molar-refractivity contribution < 1.29 is 49.0 Å². The zero-order valence-corrected chi connectivity index (χ0v) is 12.7. The summed E-state index contributed by atoms with van der Waals surface area (Å²) in [6.45, 7) is 0. The number of hydrogen-bond acceptors (Lipinski definition) is 4. The van der Waals surface area contributed by atoms with Crippen LogP contribution in [0.5, 0.6) is 0 Å². The average molecular weight is 274 g/mol. The molecule has 92 valence electrons. The minimum Gasteiger partial charge on any atom is -0.545 e. The first-order valence-corrected chi connectivity index (χ1v) is 5.64. The smallest absolute Gasteiger partial charge is 0.545 e. The van der Waals surface area contributed by atoms with E-state index in [9.17, 15) is 19.5 Å². The molecule has 0 radical (unpaired) electrons. The Bertz CT molecular complexity index is 749. The van der Waals surface area contributed by atoms with Gasteiger partial charge >= 0.3 is 29.6 Å². The molecule has 20 heavy (non-hydrogen) atoms. The van der Waals surface area contributed by atoms with Crippen LogP contribution >= 0.6 is 0 Å². The van der Waals surface area contributed by atoms with E-state index < -0.39 is 11.8 Å². The quantitative estimate of drug-likeness (QED) is 0.473. The third-order valence-electron chi connectivity index (χ3n) is 3.17. The van der Waals surface area contributed by atoms with Gasteiger partial charge < -0.3 is 9.90 Å². The minimum absolute atomic E-state index is 0. The van der Waals surface area contributed by atoms with Crippen LogP contribution in [0.25, 0.3) is 0 Å². The Balaban J connectivity index is 0.00000147. The average Bonchev–Trinajstić information content (AvgIpc) is 2.44. The van der Waals surface area contributed by atoms with E-state index in [0.29, 0.717) is 5.56 Å². The van der Waals surface area contributed by atoms with Gasteiger partial charge in [0.15, 0.2) is 11.6 Å². The summed E-state index contributed by atoms with van der Waals surface area (Å²) in [5.41, 5.74) is 0.325. The Morgan fingerprint density at radius 1 is 0.800 bits per heavy atom. The monoisotopic (exact) mass is 274 g/mol. The van der Waals surface area contributed by atoms with E-state index in [1.54, 1.807) is 18.2 Å². The second kappa shape index (κ2) is 5.32. The van der Waals surface area contributed by atoms with Crippen molar-refractivity contribution >= 4 is 17.5 Å². The van der Waals surface area contributed by atoms with Gasteiger partial charge in [-0.2, -0.15) is 0 Å². The summed E-state index contributed by atoms with van der Waals surface area (Å²) in [6, 6.07) is 10.5. The Kier molecular flexibility index (Phi) is 3.90. The van der Waals surface area contributed by atoms with Gasteiger partial charge in [-0.3, -0.25) is 9.59 Å². The Labute approximate surface area is 136 Å². The first kappa shape index (κ1) is 14.7. The fraction of sp³-hybridized carbons (Fsp3) is 0. The molecule has 5 heteroatoms. The number of carbonyl (C=O) groups excluding carboxylic acids is 3. The molecule has 0 saturated heterocycles. The molecule has 0 heterocycles. The van der Waals surface area contributed by atoms with Crippen LogP contribution in [0, 0.1) is 0 Å². The molecular weight excluding hydrogens is 267 g/mol. The van der Waals surface area contributed by atoms with Crippen molar-refractivity contribution in [3.8, 4) is 0 Å². The fourth-order valence-electron chi connectivity index (χ4n) is 2.32. The molecule has 2 aromatic carbocycles. The van der Waals surface area contributed by atoms with Crippen LogP contribution < -0.4 is 34.7 Å². The van der Waals surface area contributed by atoms with E-state index in [-0.39, 0.29) is 57.6 Å². The van der Waals surface area contributed by atoms with Crippen LogP contribution in [0.15, 0.2) is 42.5 Å². The van der Waals surface area contributed by atoms with Crippen LogP contribution in [-0.2, 0) is 0 Å². The molecule has 0 unspecified atom stereocenters. The molecular formula is C15H7NaO4. The molecule has 1 aliphatic carbocycles. The van der Waals surface area contributed by atoms with Crippen LogP contribution in [0.4, 0.5) is 0 Å². The van der Waals surface area contributed by atoms with E-state index in [1.807, 2.05) is 0 Å². The summed E-state index contributed by atoms with van der Waals surface area (Å²) in [5.74, 6) is -2.25. The number of aromatic carboxylic acids is 1. The Morgan fingerprint density at radius 2 is 1.35 bits per heavy atom. The third-order valence-corrected chi connectivity index (χ3v) is 3.17. The maximum atomic E-state index is 12.3. The molecule has 0 aliphatic heterocycles. The third kappa shape index (κ3) is 2.02. The van der Waals surface area contributed by atoms with E-state index in [1.165, 1.54) is 24.3 Å². The number of benzene rings is 2. The van der Waals surface area contributed by atoms with Crippen molar-refractivity contribution in [2.24, 2.45) is 0 Å². The van der Waals surface area contributed by atoms with Crippen molar-refractivity contribution in [2.45, 2.75) is 0 Å². The van der Waals surface area contributed by atoms with E-state index in [4.69, 9.17) is 0 Å². The van der Waals surface area contributed by atoms with Gasteiger partial charge in [0.1, 0.15) is 0 Å². The Morgan fingerprint density at radius 3 is 1.95 bits per heavy atom. The number of carboxylic acid groups (broad SMARTS) is 1. The molecule has 2 aromatic rings. The minimum atomic E-state index is -1.46. The van der Waals surface area contributed by atoms with Crippen molar-refractivity contribution in [1.82, 2.24) is 0 Å². The first-order valence-electron chi connectivity index (χ1n) is 5.64. The van der Waals surface area contributed by atoms with Gasteiger partial charge in [0, 0.05) is 27.8 Å². The van der Waals surface area contributed by atoms with E-state index >= 15 is 0 Å². The molecule has 0 atom stereocenters. The maximum Gasteiger partial charge on any atom is 1.00 e. The van der Waals surface area contributed by atoms with Crippen molar-refractivity contribution in [3.05, 3.63) is 70.3 Å². The largest absolute Gasteiger partial charge is 1.00 e. The van der Waals surface area contributed by atoms with Crippen molar-refractivity contribution in [3.63, 3.8) is 0 Å². The SMILES string of the molecule is O=C([O-])c1cccc2c1C(=O)c1ccccc1C2=O.[Na+]. The number of rotatable bonds is 1. The Hall–Kier alpha value is -1.75. The van der Waals surface area contributed by atoms with E-state index in [0.717, 1.165) is 0 Å². The number of hydrogen-bond donors (Lipinski definition) is 0. The zero-order valence-electron chi connectivity index (χ0n) is 10.7. The predicted octanol–water partition coefficient (Wildman–Crippen LogP) is -2.17. The second-order valence-electron chi connectivity index (χ2n) is 4.22. The molecule has 4 nitrogen and oxygen atoms in total. The summed E-state index contributed by atoms with van der Waals surface area (Å²) in [5, 5.41) is 11.1. The number of carboxylic acids is 1. The molecule has 0 aromatic heterocycles. The zero-order chi connectivity index (χ0) is 13.6. The standard InChI is InChI=1S/C15H8O4.Na/c16-13-8-4-1-2-5-9(8)14(17)12-10(13)6-3-7-11(12)15(18)19;/h1-7H,(H,18,19);/q;+1/p-1. The summed E-state index contributed by atoms with van der Waals surface area (Å²) in [7, 11) is 0. The van der Waals surface area contributed by atoms with Crippen molar-refractivity contribution in [2.75, 3.05) is 0 Å². The van der Waals surface area contributed by atoms with Gasteiger partial charge in [0.25, 0.3) is 0 Å². The number of fused-ring (bicyclic) bond motifs is 2. The van der Waals surface area contributed by atoms with Crippen LogP contribution in [0.2, 0.25) is 0 Å². The van der Waals surface area contributed by atoms with Gasteiger partial charge in [-0.05, 0) is 0 Å². The molecule has 3 rings (SSSR count). The van der Waals surface area contributed by atoms with E-state index in [2.05, 4.69) is 0 Å². The van der Waals surface area contributed by atoms with Crippen LogP contribution in [0.1, 0.15) is 42.2 Å². The van der Waals surface area contributed by atoms with Gasteiger partial charge in [0.2, 0.25) is 0 Å². The fourth-order valence-corrected chi connectivity index (χ4v) is 2.32. The topological polar surface area (TPSA) is 74.3 Å². The summed E-state index contributed by atoms with van der Waals surface area (Å²) >= 11 is 0. The molecule has 0 spiro atoms. The first-order chi connectivity index (χ1) is 9.11. The molecule has 0 saturated carbocycles. The second-order valence-corrected chi connectivity index (χ2v) is 4.22. The molecule has 1 aliphatic rings. The van der Waals surface area contributed by atoms with Gasteiger partial charge in [-0.25, -0.2) is 0 Å². The number of carbonyl (C=O) groups is 3. The van der Waals surface area contributed by atoms with Gasteiger partial charge in [-0.1, -0.05) is 42.5 Å². The van der Waals surface area contributed by atoms with Gasteiger partial charge in [-0.15, -0.1) is 0 Å². The summed E-state index contributed by atoms with van der Waals surface area (Å²) in [6.07, 6.45) is 0. The molecule has 0 fully saturated rings. The number of ketones is 2. The predicted molar refractivity (Wildman–Crippen MR) is 64.1 cm³/mol. The van der Waals surface area contributed by atoms with Gasteiger partial charge in [0.05, 0.1) is 5.97 Å². The van der Waals surface area contributed by atoms with Crippen molar-refractivity contribution in [1.29, 1.82) is 0 Å². The normalized spacial score (nSPS) is 12.2. The molecule has 0 N–H and O–H groups in total. The summed E-state index contributed by atoms with van der Waals surface area (Å²) in [4.78, 5) is 35.7.